The van der Waals surface area contributed by atoms with Crippen LogP contribution in [0, 0.1) is 5.92 Å². The van der Waals surface area contributed by atoms with E-state index >= 15 is 0 Å². The highest BCUT2D eigenvalue weighted by molar-refractivity contribution is 9.10. The summed E-state index contributed by atoms with van der Waals surface area (Å²) >= 11 is 9.06. The molecule has 0 saturated carbocycles. The summed E-state index contributed by atoms with van der Waals surface area (Å²) in [6.45, 7) is 6.17. The normalized spacial score (nSPS) is 13.7. The Hall–Kier alpha value is -0.170. The van der Waals surface area contributed by atoms with Crippen LogP contribution in [0.4, 0.5) is 0 Å². The molecule has 0 saturated heterocycles. The topological polar surface area (TPSA) is 59.1 Å². The van der Waals surface area contributed by atoms with Crippen LogP contribution in [0.25, 0.3) is 0 Å². The summed E-state index contributed by atoms with van der Waals surface area (Å²) in [5, 5.41) is -0.0184. The number of pyridine rings is 1. The molecule has 0 amide bonds. The Labute approximate surface area is 134 Å². The van der Waals surface area contributed by atoms with Crippen LogP contribution in [0.5, 0.6) is 0 Å². The van der Waals surface area contributed by atoms with Gasteiger partial charge in [-0.2, -0.15) is 0 Å². The first kappa shape index (κ1) is 17.9. The predicted molar refractivity (Wildman–Crippen MR) is 85.4 cm³/mol. The SMILES string of the molecule is CC(C)CCCC(C)NS(=O)(=O)c1cc(Br)cnc1Cl. The van der Waals surface area contributed by atoms with Crippen LogP contribution < -0.4 is 4.72 Å². The van der Waals surface area contributed by atoms with Crippen molar-refractivity contribution in [2.24, 2.45) is 5.92 Å². The third kappa shape index (κ3) is 5.68. The summed E-state index contributed by atoms with van der Waals surface area (Å²) < 4.78 is 27.7. The molecule has 1 unspecified atom stereocenters. The lowest BCUT2D eigenvalue weighted by Gasteiger charge is -2.15. The maximum Gasteiger partial charge on any atom is 0.243 e. The number of hydrogen-bond donors (Lipinski definition) is 1. The highest BCUT2D eigenvalue weighted by Crippen LogP contribution is 2.23. The van der Waals surface area contributed by atoms with Gasteiger partial charge in [0, 0.05) is 16.7 Å². The van der Waals surface area contributed by atoms with Crippen molar-refractivity contribution in [3.63, 3.8) is 0 Å². The first-order valence-corrected chi connectivity index (χ1v) is 9.21. The number of aromatic nitrogens is 1. The number of sulfonamides is 1. The Kier molecular flexibility index (Phi) is 6.91. The molecule has 20 heavy (non-hydrogen) atoms. The zero-order valence-corrected chi connectivity index (χ0v) is 15.0. The second-order valence-electron chi connectivity index (χ2n) is 5.29. The van der Waals surface area contributed by atoms with Crippen molar-refractivity contribution in [3.05, 3.63) is 21.9 Å². The molecule has 4 nitrogen and oxygen atoms in total. The maximum absolute atomic E-state index is 12.3. The van der Waals surface area contributed by atoms with Crippen molar-refractivity contribution in [1.82, 2.24) is 9.71 Å². The van der Waals surface area contributed by atoms with E-state index in [9.17, 15) is 8.42 Å². The smallest absolute Gasteiger partial charge is 0.242 e. The predicted octanol–water partition coefficient (Wildman–Crippen LogP) is 3.99. The third-order valence-electron chi connectivity index (χ3n) is 2.84. The average Bonchev–Trinajstić information content (AvgIpc) is 2.31. The fourth-order valence-electron chi connectivity index (χ4n) is 1.81. The largest absolute Gasteiger partial charge is 0.243 e. The maximum atomic E-state index is 12.3. The van der Waals surface area contributed by atoms with Crippen molar-refractivity contribution in [2.75, 3.05) is 0 Å². The summed E-state index contributed by atoms with van der Waals surface area (Å²) in [6.07, 6.45) is 4.35. The van der Waals surface area contributed by atoms with Gasteiger partial charge in [-0.25, -0.2) is 18.1 Å². The van der Waals surface area contributed by atoms with Gasteiger partial charge in [0.1, 0.15) is 10.0 Å². The van der Waals surface area contributed by atoms with Crippen molar-refractivity contribution >= 4 is 37.6 Å². The van der Waals surface area contributed by atoms with E-state index in [0.717, 1.165) is 19.3 Å². The molecule has 0 aromatic carbocycles. The van der Waals surface area contributed by atoms with E-state index in [4.69, 9.17) is 11.6 Å². The van der Waals surface area contributed by atoms with Crippen LogP contribution in [0.2, 0.25) is 5.15 Å². The first-order chi connectivity index (χ1) is 9.22. The van der Waals surface area contributed by atoms with E-state index in [0.29, 0.717) is 10.4 Å². The molecule has 0 aliphatic carbocycles. The number of halogens is 2. The number of nitrogens with one attached hydrogen (secondary N) is 1. The number of nitrogens with zero attached hydrogens (tertiary/aromatic N) is 1. The minimum absolute atomic E-state index is 0.00394. The lowest BCUT2D eigenvalue weighted by atomic mass is 10.0. The second-order valence-corrected chi connectivity index (χ2v) is 8.25. The molecule has 1 atom stereocenters. The molecular formula is C13H20BrClN2O2S. The Bertz CT molecular complexity index is 549. The second kappa shape index (κ2) is 7.73. The van der Waals surface area contributed by atoms with Crippen LogP contribution in [-0.4, -0.2) is 19.4 Å². The Balaban J connectivity index is 2.72. The summed E-state index contributed by atoms with van der Waals surface area (Å²) in [5.41, 5.74) is 0. The van der Waals surface area contributed by atoms with Gasteiger partial charge in [0.05, 0.1) is 0 Å². The van der Waals surface area contributed by atoms with Crippen LogP contribution in [-0.2, 0) is 10.0 Å². The molecule has 0 aliphatic rings. The van der Waals surface area contributed by atoms with Gasteiger partial charge in [-0.15, -0.1) is 0 Å². The van der Waals surface area contributed by atoms with Crippen LogP contribution in [0.1, 0.15) is 40.0 Å². The molecule has 1 rings (SSSR count). The standard InChI is InChI=1S/C13H20BrClN2O2S/c1-9(2)5-4-6-10(3)17-20(18,19)12-7-11(14)8-16-13(12)15/h7-10,17H,4-6H2,1-3H3. The Morgan fingerprint density at radius 1 is 1.35 bits per heavy atom. The fourth-order valence-corrected chi connectivity index (χ4v) is 4.03. The zero-order chi connectivity index (χ0) is 15.3. The Morgan fingerprint density at radius 3 is 2.60 bits per heavy atom. The molecule has 1 heterocycles. The third-order valence-corrected chi connectivity index (χ3v) is 5.29. The highest BCUT2D eigenvalue weighted by Gasteiger charge is 2.21. The van der Waals surface area contributed by atoms with Gasteiger partial charge >= 0.3 is 0 Å². The molecule has 1 N–H and O–H groups in total. The molecule has 0 radical (unpaired) electrons. The lowest BCUT2D eigenvalue weighted by molar-refractivity contribution is 0.488. The van der Waals surface area contributed by atoms with Crippen LogP contribution in [0.15, 0.2) is 21.6 Å². The van der Waals surface area contributed by atoms with E-state index in [1.165, 1.54) is 12.3 Å². The highest BCUT2D eigenvalue weighted by atomic mass is 79.9. The van der Waals surface area contributed by atoms with Gasteiger partial charge in [-0.1, -0.05) is 38.3 Å². The zero-order valence-electron chi connectivity index (χ0n) is 11.9. The van der Waals surface area contributed by atoms with Crippen molar-refractivity contribution in [3.8, 4) is 0 Å². The summed E-state index contributed by atoms with van der Waals surface area (Å²) in [7, 11) is -3.64. The van der Waals surface area contributed by atoms with Gasteiger partial charge < -0.3 is 0 Å². The fraction of sp³-hybridized carbons (Fsp3) is 0.615. The molecule has 114 valence electrons. The Morgan fingerprint density at radius 2 is 2.00 bits per heavy atom. The molecule has 7 heteroatoms. The summed E-state index contributed by atoms with van der Waals surface area (Å²) in [4.78, 5) is 3.84. The van der Waals surface area contributed by atoms with Gasteiger partial charge in [0.15, 0.2) is 0 Å². The molecule has 0 aliphatic heterocycles. The van der Waals surface area contributed by atoms with E-state index in [1.54, 1.807) is 0 Å². The van der Waals surface area contributed by atoms with E-state index < -0.39 is 10.0 Å². The molecule has 1 aromatic rings. The van der Waals surface area contributed by atoms with Crippen molar-refractivity contribution < 1.29 is 8.42 Å². The van der Waals surface area contributed by atoms with Gasteiger partial charge in [-0.3, -0.25) is 0 Å². The van der Waals surface area contributed by atoms with Crippen LogP contribution in [0.3, 0.4) is 0 Å². The quantitative estimate of drug-likeness (QED) is 0.724. The lowest BCUT2D eigenvalue weighted by Crippen LogP contribution is -2.32. The molecule has 1 aromatic heterocycles. The minimum atomic E-state index is -3.64. The molecule has 0 fully saturated rings. The van der Waals surface area contributed by atoms with Gasteiger partial charge in [0.2, 0.25) is 10.0 Å². The molecule has 0 spiro atoms. The van der Waals surface area contributed by atoms with Crippen molar-refractivity contribution in [1.29, 1.82) is 0 Å². The molecular weight excluding hydrogens is 364 g/mol. The minimum Gasteiger partial charge on any atom is -0.242 e. The van der Waals surface area contributed by atoms with Gasteiger partial charge in [0.25, 0.3) is 0 Å². The first-order valence-electron chi connectivity index (χ1n) is 6.55. The van der Waals surface area contributed by atoms with E-state index in [1.807, 2.05) is 6.92 Å². The number of rotatable bonds is 7. The van der Waals surface area contributed by atoms with Gasteiger partial charge in [-0.05, 0) is 41.3 Å². The number of hydrogen-bond acceptors (Lipinski definition) is 3. The monoisotopic (exact) mass is 382 g/mol. The van der Waals surface area contributed by atoms with E-state index in [2.05, 4.69) is 39.5 Å². The summed E-state index contributed by atoms with van der Waals surface area (Å²) in [5.74, 6) is 0.627. The average molecular weight is 384 g/mol. The molecule has 0 bridgehead atoms. The van der Waals surface area contributed by atoms with Crippen molar-refractivity contribution in [2.45, 2.75) is 51.0 Å². The van der Waals surface area contributed by atoms with E-state index in [-0.39, 0.29) is 16.1 Å². The van der Waals surface area contributed by atoms with Crippen LogP contribution >= 0.6 is 27.5 Å². The summed E-state index contributed by atoms with van der Waals surface area (Å²) in [6, 6.07) is 1.33.